The number of piperidine rings is 1. The summed E-state index contributed by atoms with van der Waals surface area (Å²) < 4.78 is 4.74. The maximum atomic E-state index is 11.8. The summed E-state index contributed by atoms with van der Waals surface area (Å²) in [5.41, 5.74) is 5.75. The average molecular weight is 245 g/mol. The van der Waals surface area contributed by atoms with Gasteiger partial charge in [-0.15, -0.1) is 0 Å². The number of carboxylic acid groups (broad SMARTS) is 1. The zero-order chi connectivity index (χ0) is 12.8. The lowest BCUT2D eigenvalue weighted by Gasteiger charge is -2.31. The number of nitrogens with one attached hydrogen (secondary N) is 1. The van der Waals surface area contributed by atoms with Gasteiger partial charge in [0.05, 0.1) is 6.61 Å². The van der Waals surface area contributed by atoms with Crippen LogP contribution in [0.2, 0.25) is 0 Å². The molecule has 4 N–H and O–H groups in total. The molecule has 1 aliphatic rings. The van der Waals surface area contributed by atoms with Crippen LogP contribution in [0.15, 0.2) is 0 Å². The van der Waals surface area contributed by atoms with Crippen molar-refractivity contribution in [1.82, 2.24) is 10.2 Å². The van der Waals surface area contributed by atoms with Crippen LogP contribution in [0, 0.1) is 0 Å². The fourth-order valence-corrected chi connectivity index (χ4v) is 1.78. The van der Waals surface area contributed by atoms with Crippen LogP contribution in [0.25, 0.3) is 0 Å². The van der Waals surface area contributed by atoms with E-state index in [1.54, 1.807) is 4.90 Å². The third-order valence-corrected chi connectivity index (χ3v) is 2.67. The van der Waals surface area contributed by atoms with Crippen LogP contribution in [0.3, 0.4) is 0 Å². The molecule has 2 atom stereocenters. The van der Waals surface area contributed by atoms with E-state index in [2.05, 4.69) is 5.32 Å². The van der Waals surface area contributed by atoms with Gasteiger partial charge < -0.3 is 25.8 Å². The first-order valence-corrected chi connectivity index (χ1v) is 5.57. The summed E-state index contributed by atoms with van der Waals surface area (Å²) >= 11 is 0. The maximum Gasteiger partial charge on any atom is 0.328 e. The number of urea groups is 1. The van der Waals surface area contributed by atoms with Gasteiger partial charge in [0.15, 0.2) is 6.04 Å². The molecule has 7 nitrogen and oxygen atoms in total. The number of likely N-dealkylation sites (tertiary alicyclic amines) is 1. The van der Waals surface area contributed by atoms with Crippen molar-refractivity contribution in [2.45, 2.75) is 24.9 Å². The molecule has 17 heavy (non-hydrogen) atoms. The van der Waals surface area contributed by atoms with Crippen molar-refractivity contribution in [2.24, 2.45) is 5.73 Å². The summed E-state index contributed by atoms with van der Waals surface area (Å²) in [6.07, 6.45) is 1.74. The summed E-state index contributed by atoms with van der Waals surface area (Å²) in [6.45, 7) is 1.02. The van der Waals surface area contributed by atoms with E-state index in [0.717, 1.165) is 12.8 Å². The number of carboxylic acids is 1. The number of ether oxygens (including phenoxy) is 1. The molecule has 0 aromatic carbocycles. The largest absolute Gasteiger partial charge is 0.480 e. The SMILES string of the molecule is COCC(NC(=O)N1CCCC(N)C1)C(=O)O. The molecular weight excluding hydrogens is 226 g/mol. The van der Waals surface area contributed by atoms with Gasteiger partial charge in [0.25, 0.3) is 0 Å². The minimum Gasteiger partial charge on any atom is -0.480 e. The lowest BCUT2D eigenvalue weighted by Crippen LogP contribution is -2.54. The monoisotopic (exact) mass is 245 g/mol. The van der Waals surface area contributed by atoms with Crippen molar-refractivity contribution in [3.8, 4) is 0 Å². The topological polar surface area (TPSA) is 105 Å². The molecule has 2 unspecified atom stereocenters. The molecule has 0 aromatic rings. The van der Waals surface area contributed by atoms with Crippen LogP contribution in [-0.4, -0.2) is 60.9 Å². The van der Waals surface area contributed by atoms with Crippen LogP contribution >= 0.6 is 0 Å². The molecular formula is C10H19N3O4. The first-order chi connectivity index (χ1) is 8.04. The van der Waals surface area contributed by atoms with Gasteiger partial charge in [0.1, 0.15) is 0 Å². The van der Waals surface area contributed by atoms with Gasteiger partial charge in [-0.3, -0.25) is 0 Å². The maximum absolute atomic E-state index is 11.8. The van der Waals surface area contributed by atoms with E-state index in [9.17, 15) is 9.59 Å². The van der Waals surface area contributed by atoms with E-state index in [-0.39, 0.29) is 12.6 Å². The third-order valence-electron chi connectivity index (χ3n) is 2.67. The Bertz CT molecular complexity index is 285. The van der Waals surface area contributed by atoms with Crippen molar-refractivity contribution < 1.29 is 19.4 Å². The molecule has 0 aliphatic carbocycles. The van der Waals surface area contributed by atoms with Gasteiger partial charge in [0.2, 0.25) is 0 Å². The minimum absolute atomic E-state index is 0.0276. The Labute approximate surface area is 99.9 Å². The number of amides is 2. The molecule has 1 saturated heterocycles. The molecule has 1 heterocycles. The number of carbonyl (C=O) groups is 2. The quantitative estimate of drug-likeness (QED) is 0.602. The zero-order valence-corrected chi connectivity index (χ0v) is 9.89. The predicted octanol–water partition coefficient (Wildman–Crippen LogP) is -0.781. The summed E-state index contributed by atoms with van der Waals surface area (Å²) in [5, 5.41) is 11.3. The van der Waals surface area contributed by atoms with Crippen molar-refractivity contribution in [3.63, 3.8) is 0 Å². The van der Waals surface area contributed by atoms with Gasteiger partial charge in [-0.25, -0.2) is 9.59 Å². The molecule has 1 rings (SSSR count). The van der Waals surface area contributed by atoms with Gasteiger partial charge in [-0.05, 0) is 12.8 Å². The van der Waals surface area contributed by atoms with Crippen molar-refractivity contribution in [3.05, 3.63) is 0 Å². The van der Waals surface area contributed by atoms with E-state index in [0.29, 0.717) is 13.1 Å². The number of rotatable bonds is 4. The summed E-state index contributed by atoms with van der Waals surface area (Å²) in [7, 11) is 1.39. The van der Waals surface area contributed by atoms with E-state index < -0.39 is 18.0 Å². The standard InChI is InChI=1S/C10H19N3O4/c1-17-6-8(9(14)15)12-10(16)13-4-2-3-7(11)5-13/h7-8H,2-6,11H2,1H3,(H,12,16)(H,14,15). The van der Waals surface area contributed by atoms with Gasteiger partial charge in [-0.2, -0.15) is 0 Å². The van der Waals surface area contributed by atoms with Gasteiger partial charge in [0, 0.05) is 26.2 Å². The summed E-state index contributed by atoms with van der Waals surface area (Å²) in [5.74, 6) is -1.11. The highest BCUT2D eigenvalue weighted by Gasteiger charge is 2.25. The lowest BCUT2D eigenvalue weighted by molar-refractivity contribution is -0.140. The Balaban J connectivity index is 2.48. The Kier molecular flexibility index (Phi) is 5.17. The van der Waals surface area contributed by atoms with Crippen LogP contribution in [0.4, 0.5) is 4.79 Å². The second-order valence-electron chi connectivity index (χ2n) is 4.14. The Morgan fingerprint density at radius 2 is 2.35 bits per heavy atom. The first kappa shape index (κ1) is 13.7. The Hall–Kier alpha value is -1.34. The molecule has 0 saturated carbocycles. The smallest absolute Gasteiger partial charge is 0.328 e. The van der Waals surface area contributed by atoms with Gasteiger partial charge >= 0.3 is 12.0 Å². The van der Waals surface area contributed by atoms with Crippen molar-refractivity contribution >= 4 is 12.0 Å². The molecule has 7 heteroatoms. The fraction of sp³-hybridized carbons (Fsp3) is 0.800. The molecule has 0 bridgehead atoms. The number of carbonyl (C=O) groups excluding carboxylic acids is 1. The molecule has 0 spiro atoms. The van der Waals surface area contributed by atoms with Crippen LogP contribution < -0.4 is 11.1 Å². The molecule has 1 fully saturated rings. The fourth-order valence-electron chi connectivity index (χ4n) is 1.78. The van der Waals surface area contributed by atoms with Crippen molar-refractivity contribution in [1.29, 1.82) is 0 Å². The number of hydrogen-bond donors (Lipinski definition) is 3. The van der Waals surface area contributed by atoms with Gasteiger partial charge in [-0.1, -0.05) is 0 Å². The lowest BCUT2D eigenvalue weighted by atomic mass is 10.1. The number of nitrogens with zero attached hydrogens (tertiary/aromatic N) is 1. The second-order valence-corrected chi connectivity index (χ2v) is 4.14. The average Bonchev–Trinajstić information content (AvgIpc) is 2.28. The van der Waals surface area contributed by atoms with E-state index in [1.165, 1.54) is 7.11 Å². The predicted molar refractivity (Wildman–Crippen MR) is 60.6 cm³/mol. The first-order valence-electron chi connectivity index (χ1n) is 5.57. The number of methoxy groups -OCH3 is 1. The van der Waals surface area contributed by atoms with Crippen LogP contribution in [0.5, 0.6) is 0 Å². The van der Waals surface area contributed by atoms with E-state index >= 15 is 0 Å². The molecule has 1 aliphatic heterocycles. The summed E-state index contributed by atoms with van der Waals surface area (Å²) in [4.78, 5) is 24.1. The minimum atomic E-state index is -1.11. The number of aliphatic carboxylic acids is 1. The molecule has 2 amide bonds. The van der Waals surface area contributed by atoms with Crippen LogP contribution in [-0.2, 0) is 9.53 Å². The molecule has 0 aromatic heterocycles. The Morgan fingerprint density at radius 3 is 2.88 bits per heavy atom. The highest BCUT2D eigenvalue weighted by Crippen LogP contribution is 2.08. The number of hydrogen-bond acceptors (Lipinski definition) is 4. The van der Waals surface area contributed by atoms with E-state index in [4.69, 9.17) is 15.6 Å². The zero-order valence-electron chi connectivity index (χ0n) is 9.89. The Morgan fingerprint density at radius 1 is 1.65 bits per heavy atom. The molecule has 98 valence electrons. The normalized spacial score (nSPS) is 22.0. The highest BCUT2D eigenvalue weighted by molar-refractivity contribution is 5.82. The van der Waals surface area contributed by atoms with Crippen LogP contribution in [0.1, 0.15) is 12.8 Å². The van der Waals surface area contributed by atoms with E-state index in [1.807, 2.05) is 0 Å². The third kappa shape index (κ3) is 4.20. The second kappa shape index (κ2) is 6.41. The van der Waals surface area contributed by atoms with Crippen molar-refractivity contribution in [2.75, 3.05) is 26.8 Å². The summed E-state index contributed by atoms with van der Waals surface area (Å²) in [6, 6.07) is -1.45. The highest BCUT2D eigenvalue weighted by atomic mass is 16.5. The molecule has 0 radical (unpaired) electrons. The number of nitrogens with two attached hydrogens (primary N) is 1.